The molecule has 0 aliphatic heterocycles. The summed E-state index contributed by atoms with van der Waals surface area (Å²) in [6.45, 7) is 6.85. The van der Waals surface area contributed by atoms with E-state index in [0.717, 1.165) is 18.5 Å². The molecule has 1 aromatic rings. The fourth-order valence-electron chi connectivity index (χ4n) is 2.58. The lowest BCUT2D eigenvalue weighted by atomic mass is 9.74. The predicted molar refractivity (Wildman–Crippen MR) is 84.7 cm³/mol. The third-order valence-corrected chi connectivity index (χ3v) is 4.06. The van der Waals surface area contributed by atoms with Crippen molar-refractivity contribution in [2.45, 2.75) is 40.0 Å². The summed E-state index contributed by atoms with van der Waals surface area (Å²) in [6.07, 6.45) is 5.47. The van der Waals surface area contributed by atoms with Crippen molar-refractivity contribution in [2.24, 2.45) is 11.3 Å². The van der Waals surface area contributed by atoms with Crippen LogP contribution < -0.4 is 10.9 Å². The molecule has 5 nitrogen and oxygen atoms in total. The third kappa shape index (κ3) is 4.21. The largest absolute Gasteiger partial charge is 0.305 e. The van der Waals surface area contributed by atoms with Crippen molar-refractivity contribution in [1.82, 2.24) is 5.43 Å². The summed E-state index contributed by atoms with van der Waals surface area (Å²) in [7, 11) is 0. The maximum absolute atomic E-state index is 10.7. The van der Waals surface area contributed by atoms with Crippen LogP contribution in [0.3, 0.4) is 0 Å². The maximum atomic E-state index is 10.7. The Morgan fingerprint density at radius 2 is 2.05 bits per heavy atom. The zero-order valence-electron chi connectivity index (χ0n) is 12.8. The van der Waals surface area contributed by atoms with Gasteiger partial charge in [0.1, 0.15) is 0 Å². The minimum Gasteiger partial charge on any atom is -0.305 e. The number of nitro groups is 1. The molecule has 5 heteroatoms. The number of hydrogen-bond acceptors (Lipinski definition) is 4. The molecule has 1 aromatic carbocycles. The van der Waals surface area contributed by atoms with Crippen molar-refractivity contribution >= 4 is 11.4 Å². The Labute approximate surface area is 125 Å². The van der Waals surface area contributed by atoms with E-state index in [1.165, 1.54) is 18.6 Å². The van der Waals surface area contributed by atoms with Crippen LogP contribution in [0.5, 0.6) is 0 Å². The molecule has 2 N–H and O–H groups in total. The zero-order chi connectivity index (χ0) is 15.5. The highest BCUT2D eigenvalue weighted by Crippen LogP contribution is 2.36. The van der Waals surface area contributed by atoms with E-state index in [4.69, 9.17) is 0 Å². The Kier molecular flexibility index (Phi) is 4.50. The second-order valence-electron chi connectivity index (χ2n) is 6.62. The van der Waals surface area contributed by atoms with Crippen molar-refractivity contribution in [1.29, 1.82) is 0 Å². The number of nitrogens with zero attached hydrogens (tertiary/aromatic N) is 1. The fraction of sp³-hybridized carbons (Fsp3) is 0.500. The predicted octanol–water partition coefficient (Wildman–Crippen LogP) is 4.24. The summed E-state index contributed by atoms with van der Waals surface area (Å²) < 4.78 is 0. The molecule has 0 saturated carbocycles. The number of benzene rings is 1. The van der Waals surface area contributed by atoms with E-state index < -0.39 is 0 Å². The number of anilines is 1. The summed E-state index contributed by atoms with van der Waals surface area (Å²) >= 11 is 0. The first kappa shape index (κ1) is 15.4. The van der Waals surface area contributed by atoms with Crippen LogP contribution in [0.25, 0.3) is 0 Å². The van der Waals surface area contributed by atoms with Gasteiger partial charge in [-0.1, -0.05) is 32.9 Å². The smallest absolute Gasteiger partial charge is 0.271 e. The molecule has 0 bridgehead atoms. The molecule has 21 heavy (non-hydrogen) atoms. The normalized spacial score (nSPS) is 18.8. The lowest BCUT2D eigenvalue weighted by molar-refractivity contribution is -0.384. The molecular weight excluding hydrogens is 266 g/mol. The van der Waals surface area contributed by atoms with Gasteiger partial charge < -0.3 is 10.9 Å². The minimum absolute atomic E-state index is 0.0900. The highest BCUT2D eigenvalue weighted by Gasteiger charge is 2.26. The van der Waals surface area contributed by atoms with E-state index >= 15 is 0 Å². The van der Waals surface area contributed by atoms with Crippen molar-refractivity contribution in [3.05, 3.63) is 46.2 Å². The number of nitrogens with one attached hydrogen (secondary N) is 2. The molecule has 0 fully saturated rings. The standard InChI is InChI=1S/C16H23N3O2/c1-16(2,3)12-7-9-13(10-8-12)17-18-14-5-4-6-15(11-14)19(20)21/h4-6,9,11-12,17-18H,7-8,10H2,1-3H3. The van der Waals surface area contributed by atoms with E-state index in [-0.39, 0.29) is 10.6 Å². The van der Waals surface area contributed by atoms with Gasteiger partial charge in [0.15, 0.2) is 0 Å². The third-order valence-electron chi connectivity index (χ3n) is 4.06. The van der Waals surface area contributed by atoms with E-state index in [9.17, 15) is 10.1 Å². The van der Waals surface area contributed by atoms with E-state index in [1.54, 1.807) is 12.1 Å². The van der Waals surface area contributed by atoms with Gasteiger partial charge >= 0.3 is 0 Å². The van der Waals surface area contributed by atoms with Crippen LogP contribution in [0, 0.1) is 21.4 Å². The highest BCUT2D eigenvalue weighted by molar-refractivity contribution is 5.50. The second-order valence-corrected chi connectivity index (χ2v) is 6.62. The number of nitro benzene ring substituents is 1. The Balaban J connectivity index is 1.91. The van der Waals surface area contributed by atoms with Gasteiger partial charge in [-0.25, -0.2) is 0 Å². The van der Waals surface area contributed by atoms with E-state index in [1.807, 2.05) is 0 Å². The SMILES string of the molecule is CC(C)(C)C1CC=C(NNc2cccc([N+](=O)[O-])c2)CC1. The van der Waals surface area contributed by atoms with Crippen LogP contribution in [0.2, 0.25) is 0 Å². The first-order chi connectivity index (χ1) is 9.86. The number of rotatable bonds is 4. The minimum atomic E-state index is -0.390. The van der Waals surface area contributed by atoms with Gasteiger partial charge in [-0.3, -0.25) is 10.1 Å². The van der Waals surface area contributed by atoms with Crippen LogP contribution in [0.1, 0.15) is 40.0 Å². The number of hydrogen-bond donors (Lipinski definition) is 2. The Hall–Kier alpha value is -2.04. The lowest BCUT2D eigenvalue weighted by Crippen LogP contribution is -2.27. The van der Waals surface area contributed by atoms with Gasteiger partial charge in [-0.05, 0) is 36.7 Å². The molecule has 0 heterocycles. The van der Waals surface area contributed by atoms with Gasteiger partial charge in [0.25, 0.3) is 5.69 Å². The average Bonchev–Trinajstić information content (AvgIpc) is 2.45. The van der Waals surface area contributed by atoms with E-state index in [2.05, 4.69) is 37.7 Å². The zero-order valence-corrected chi connectivity index (χ0v) is 12.8. The number of non-ortho nitro benzene ring substituents is 1. The van der Waals surface area contributed by atoms with Gasteiger partial charge in [-0.2, -0.15) is 0 Å². The molecule has 1 unspecified atom stereocenters. The van der Waals surface area contributed by atoms with Gasteiger partial charge in [-0.15, -0.1) is 0 Å². The topological polar surface area (TPSA) is 67.2 Å². The number of hydrazine groups is 1. The summed E-state index contributed by atoms with van der Waals surface area (Å²) in [5, 5.41) is 10.7. The monoisotopic (exact) mass is 289 g/mol. The van der Waals surface area contributed by atoms with Crippen LogP contribution in [0.4, 0.5) is 11.4 Å². The summed E-state index contributed by atoms with van der Waals surface area (Å²) in [5.74, 6) is 0.709. The summed E-state index contributed by atoms with van der Waals surface area (Å²) in [4.78, 5) is 10.3. The van der Waals surface area contributed by atoms with Gasteiger partial charge in [0.2, 0.25) is 0 Å². The molecule has 1 aliphatic rings. The van der Waals surface area contributed by atoms with E-state index in [0.29, 0.717) is 17.0 Å². The van der Waals surface area contributed by atoms with Crippen molar-refractivity contribution in [2.75, 3.05) is 5.43 Å². The molecule has 0 radical (unpaired) electrons. The van der Waals surface area contributed by atoms with Gasteiger partial charge in [0, 0.05) is 17.8 Å². The second kappa shape index (κ2) is 6.16. The Bertz CT molecular complexity index is 547. The first-order valence-electron chi connectivity index (χ1n) is 7.32. The lowest BCUT2D eigenvalue weighted by Gasteiger charge is -2.33. The number of allylic oxidation sites excluding steroid dienone is 2. The fourth-order valence-corrected chi connectivity index (χ4v) is 2.58. The van der Waals surface area contributed by atoms with Crippen LogP contribution in [-0.2, 0) is 0 Å². The quantitative estimate of drug-likeness (QED) is 0.642. The van der Waals surface area contributed by atoms with Crippen molar-refractivity contribution in [3.8, 4) is 0 Å². The molecule has 1 atom stereocenters. The van der Waals surface area contributed by atoms with Gasteiger partial charge in [0.05, 0.1) is 10.6 Å². The molecule has 0 saturated heterocycles. The van der Waals surface area contributed by atoms with Crippen LogP contribution in [-0.4, -0.2) is 4.92 Å². The molecule has 114 valence electrons. The highest BCUT2D eigenvalue weighted by atomic mass is 16.6. The summed E-state index contributed by atoms with van der Waals surface area (Å²) in [6, 6.07) is 6.49. The van der Waals surface area contributed by atoms with Crippen molar-refractivity contribution in [3.63, 3.8) is 0 Å². The van der Waals surface area contributed by atoms with Crippen LogP contribution >= 0.6 is 0 Å². The molecule has 1 aliphatic carbocycles. The molecule has 2 rings (SSSR count). The molecule has 0 aromatic heterocycles. The van der Waals surface area contributed by atoms with Crippen molar-refractivity contribution < 1.29 is 4.92 Å². The molecular formula is C16H23N3O2. The molecule has 0 spiro atoms. The Morgan fingerprint density at radius 1 is 1.29 bits per heavy atom. The molecule has 0 amide bonds. The first-order valence-corrected chi connectivity index (χ1v) is 7.32. The average molecular weight is 289 g/mol. The van der Waals surface area contributed by atoms with Crippen LogP contribution in [0.15, 0.2) is 36.0 Å². The Morgan fingerprint density at radius 3 is 2.62 bits per heavy atom. The summed E-state index contributed by atoms with van der Waals surface area (Å²) in [5.41, 5.74) is 8.49. The maximum Gasteiger partial charge on any atom is 0.271 e.